The molecule has 0 amide bonds. The van der Waals surface area contributed by atoms with E-state index in [1.165, 1.54) is 0 Å². The third-order valence-electron chi connectivity index (χ3n) is 1.71. The van der Waals surface area contributed by atoms with Gasteiger partial charge in [-0.15, -0.1) is 0 Å². The molecule has 66 valence electrons. The van der Waals surface area contributed by atoms with Crippen molar-refractivity contribution in [2.75, 3.05) is 6.61 Å². The predicted octanol–water partition coefficient (Wildman–Crippen LogP) is 1.33. The Kier molecular flexibility index (Phi) is 2.91. The monoisotopic (exact) mass is 167 g/mol. The van der Waals surface area contributed by atoms with Crippen LogP contribution in [0.5, 0.6) is 0 Å². The summed E-state index contributed by atoms with van der Waals surface area (Å²) in [7, 11) is 0. The van der Waals surface area contributed by atoms with Crippen LogP contribution in [0, 0.1) is 0 Å². The van der Waals surface area contributed by atoms with Gasteiger partial charge in [0, 0.05) is 12.1 Å². The number of hydrogen-bond donors (Lipinski definition) is 1. The molecule has 0 fully saturated rings. The summed E-state index contributed by atoms with van der Waals surface area (Å²) in [5.74, 6) is -0.216. The Morgan fingerprint density at radius 2 is 2.50 bits per heavy atom. The van der Waals surface area contributed by atoms with Crippen molar-refractivity contribution < 1.29 is 9.53 Å². The van der Waals surface area contributed by atoms with Crippen LogP contribution in [-0.2, 0) is 9.53 Å². The summed E-state index contributed by atoms with van der Waals surface area (Å²) in [6, 6.07) is 0. The second kappa shape index (κ2) is 3.95. The van der Waals surface area contributed by atoms with Crippen LogP contribution in [0.1, 0.15) is 20.3 Å². The minimum absolute atomic E-state index is 0.216. The lowest BCUT2D eigenvalue weighted by atomic mass is 10.1. The van der Waals surface area contributed by atoms with Gasteiger partial charge in [0.2, 0.25) is 0 Å². The lowest BCUT2D eigenvalue weighted by molar-refractivity contribution is -0.138. The Hall–Kier alpha value is -1.25. The molecule has 0 radical (unpaired) electrons. The third-order valence-corrected chi connectivity index (χ3v) is 1.71. The fourth-order valence-electron chi connectivity index (χ4n) is 1.06. The van der Waals surface area contributed by atoms with Gasteiger partial charge in [-0.05, 0) is 20.0 Å². The van der Waals surface area contributed by atoms with Gasteiger partial charge in [0.1, 0.15) is 0 Å². The highest BCUT2D eigenvalue weighted by molar-refractivity contribution is 5.89. The Balaban J connectivity index is 2.66. The SMILES string of the molecule is CCOC(=O)C1=C(C)NC=CC1. The lowest BCUT2D eigenvalue weighted by Gasteiger charge is -2.13. The van der Waals surface area contributed by atoms with Gasteiger partial charge in [-0.25, -0.2) is 4.79 Å². The van der Waals surface area contributed by atoms with E-state index >= 15 is 0 Å². The number of esters is 1. The predicted molar refractivity (Wildman–Crippen MR) is 46.2 cm³/mol. The molecule has 0 saturated carbocycles. The van der Waals surface area contributed by atoms with E-state index in [0.29, 0.717) is 13.0 Å². The summed E-state index contributed by atoms with van der Waals surface area (Å²) >= 11 is 0. The zero-order valence-electron chi connectivity index (χ0n) is 7.39. The summed E-state index contributed by atoms with van der Waals surface area (Å²) in [5, 5.41) is 2.97. The van der Waals surface area contributed by atoms with E-state index in [1.54, 1.807) is 6.92 Å². The van der Waals surface area contributed by atoms with Gasteiger partial charge in [0.25, 0.3) is 0 Å². The van der Waals surface area contributed by atoms with Crippen LogP contribution in [-0.4, -0.2) is 12.6 Å². The molecule has 0 aromatic rings. The van der Waals surface area contributed by atoms with Crippen molar-refractivity contribution in [3.05, 3.63) is 23.5 Å². The van der Waals surface area contributed by atoms with E-state index in [9.17, 15) is 4.79 Å². The van der Waals surface area contributed by atoms with Gasteiger partial charge in [0.05, 0.1) is 12.2 Å². The van der Waals surface area contributed by atoms with Crippen LogP contribution in [0.3, 0.4) is 0 Å². The first-order chi connectivity index (χ1) is 5.75. The van der Waals surface area contributed by atoms with Crippen LogP contribution < -0.4 is 5.32 Å². The number of dihydropyridines is 1. The Labute approximate surface area is 72.1 Å². The van der Waals surface area contributed by atoms with Gasteiger partial charge >= 0.3 is 5.97 Å². The average molecular weight is 167 g/mol. The molecule has 1 N–H and O–H groups in total. The Morgan fingerprint density at radius 3 is 3.08 bits per heavy atom. The summed E-state index contributed by atoms with van der Waals surface area (Å²) in [5.41, 5.74) is 1.61. The van der Waals surface area contributed by atoms with Crippen molar-refractivity contribution in [1.29, 1.82) is 0 Å². The molecule has 0 aromatic carbocycles. The minimum Gasteiger partial charge on any atom is -0.463 e. The number of nitrogens with one attached hydrogen (secondary N) is 1. The van der Waals surface area contributed by atoms with Crippen molar-refractivity contribution >= 4 is 5.97 Å². The molecule has 1 aliphatic rings. The van der Waals surface area contributed by atoms with Crippen LogP contribution in [0.2, 0.25) is 0 Å². The summed E-state index contributed by atoms with van der Waals surface area (Å²) < 4.78 is 4.88. The number of carbonyl (C=O) groups excluding carboxylic acids is 1. The maximum absolute atomic E-state index is 11.3. The molecule has 3 nitrogen and oxygen atoms in total. The third kappa shape index (κ3) is 1.87. The van der Waals surface area contributed by atoms with Gasteiger partial charge in [0.15, 0.2) is 0 Å². The number of allylic oxidation sites excluding steroid dienone is 2. The molecule has 1 heterocycles. The molecule has 0 saturated heterocycles. The van der Waals surface area contributed by atoms with Crippen molar-refractivity contribution in [2.45, 2.75) is 20.3 Å². The van der Waals surface area contributed by atoms with E-state index < -0.39 is 0 Å². The number of carbonyl (C=O) groups is 1. The topological polar surface area (TPSA) is 38.3 Å². The molecule has 0 aromatic heterocycles. The normalized spacial score (nSPS) is 15.8. The van der Waals surface area contributed by atoms with Crippen LogP contribution >= 0.6 is 0 Å². The number of hydrogen-bond acceptors (Lipinski definition) is 3. The maximum atomic E-state index is 11.3. The van der Waals surface area contributed by atoms with E-state index in [-0.39, 0.29) is 5.97 Å². The molecule has 1 rings (SSSR count). The van der Waals surface area contributed by atoms with Gasteiger partial charge in [-0.3, -0.25) is 0 Å². The van der Waals surface area contributed by atoms with Gasteiger partial charge in [-0.1, -0.05) is 6.08 Å². The van der Waals surface area contributed by atoms with Crippen LogP contribution in [0.25, 0.3) is 0 Å². The van der Waals surface area contributed by atoms with Crippen molar-refractivity contribution in [2.24, 2.45) is 0 Å². The molecule has 3 heteroatoms. The molecular formula is C9H13NO2. The van der Waals surface area contributed by atoms with Gasteiger partial charge < -0.3 is 10.1 Å². The second-order valence-electron chi connectivity index (χ2n) is 2.57. The first kappa shape index (κ1) is 8.84. The Bertz CT molecular complexity index is 241. The number of ether oxygens (including phenoxy) is 1. The van der Waals surface area contributed by atoms with Crippen molar-refractivity contribution in [1.82, 2.24) is 5.32 Å². The molecule has 0 bridgehead atoms. The lowest BCUT2D eigenvalue weighted by Crippen LogP contribution is -2.17. The van der Waals surface area contributed by atoms with E-state index in [2.05, 4.69) is 5.32 Å². The molecule has 0 unspecified atom stereocenters. The van der Waals surface area contributed by atoms with Crippen LogP contribution in [0.4, 0.5) is 0 Å². The fraction of sp³-hybridized carbons (Fsp3) is 0.444. The minimum atomic E-state index is -0.216. The second-order valence-corrected chi connectivity index (χ2v) is 2.57. The standard InChI is InChI=1S/C9H13NO2/c1-3-12-9(11)8-5-4-6-10-7(8)2/h4,6,10H,3,5H2,1-2H3. The quantitative estimate of drug-likeness (QED) is 0.630. The first-order valence-electron chi connectivity index (χ1n) is 4.04. The summed E-state index contributed by atoms with van der Waals surface area (Å²) in [4.78, 5) is 11.3. The highest BCUT2D eigenvalue weighted by Gasteiger charge is 2.14. The van der Waals surface area contributed by atoms with Crippen LogP contribution in [0.15, 0.2) is 23.5 Å². The average Bonchev–Trinajstić information content (AvgIpc) is 2.05. The van der Waals surface area contributed by atoms with E-state index in [0.717, 1.165) is 11.3 Å². The van der Waals surface area contributed by atoms with Crippen molar-refractivity contribution in [3.8, 4) is 0 Å². The first-order valence-corrected chi connectivity index (χ1v) is 4.04. The molecule has 0 aliphatic carbocycles. The van der Waals surface area contributed by atoms with E-state index in [4.69, 9.17) is 4.74 Å². The Morgan fingerprint density at radius 1 is 1.75 bits per heavy atom. The summed E-state index contributed by atoms with van der Waals surface area (Å²) in [6.07, 6.45) is 4.40. The highest BCUT2D eigenvalue weighted by Crippen LogP contribution is 2.13. The zero-order valence-corrected chi connectivity index (χ0v) is 7.39. The fourth-order valence-corrected chi connectivity index (χ4v) is 1.06. The number of rotatable bonds is 2. The molecular weight excluding hydrogens is 154 g/mol. The van der Waals surface area contributed by atoms with Crippen molar-refractivity contribution in [3.63, 3.8) is 0 Å². The zero-order chi connectivity index (χ0) is 8.97. The molecule has 0 spiro atoms. The largest absolute Gasteiger partial charge is 0.463 e. The molecule has 0 atom stereocenters. The maximum Gasteiger partial charge on any atom is 0.336 e. The molecule has 1 aliphatic heterocycles. The molecule has 12 heavy (non-hydrogen) atoms. The van der Waals surface area contributed by atoms with Gasteiger partial charge in [-0.2, -0.15) is 0 Å². The van der Waals surface area contributed by atoms with E-state index in [1.807, 2.05) is 19.2 Å². The highest BCUT2D eigenvalue weighted by atomic mass is 16.5. The summed E-state index contributed by atoms with van der Waals surface area (Å²) in [6.45, 7) is 4.11. The smallest absolute Gasteiger partial charge is 0.336 e.